The number of rotatable bonds is 3. The lowest BCUT2D eigenvalue weighted by atomic mass is 10.0. The van der Waals surface area contributed by atoms with Crippen LogP contribution >= 0.6 is 0 Å². The summed E-state index contributed by atoms with van der Waals surface area (Å²) in [4.78, 5) is 25.2. The molecule has 0 bridgehead atoms. The third-order valence-electron chi connectivity index (χ3n) is 3.90. The van der Waals surface area contributed by atoms with Crippen molar-refractivity contribution in [2.45, 2.75) is 45.6 Å². The molecule has 1 saturated heterocycles. The average Bonchev–Trinajstić information content (AvgIpc) is 3.03. The molecule has 2 fully saturated rings. The molecule has 0 aromatic rings. The molecular formula is C12H20N2O2. The van der Waals surface area contributed by atoms with Crippen molar-refractivity contribution >= 4 is 11.8 Å². The van der Waals surface area contributed by atoms with Gasteiger partial charge in [0, 0.05) is 19.5 Å². The average molecular weight is 224 g/mol. The molecule has 0 aromatic heterocycles. The molecule has 1 aliphatic heterocycles. The quantitative estimate of drug-likeness (QED) is 0.774. The fourth-order valence-electron chi connectivity index (χ4n) is 2.36. The fourth-order valence-corrected chi connectivity index (χ4v) is 2.36. The molecular weight excluding hydrogens is 204 g/mol. The Balaban J connectivity index is 2.02. The van der Waals surface area contributed by atoms with E-state index in [0.29, 0.717) is 18.4 Å². The number of carbonyl (C=O) groups is 2. The van der Waals surface area contributed by atoms with Crippen LogP contribution in [0, 0.1) is 5.41 Å². The van der Waals surface area contributed by atoms with Gasteiger partial charge in [0.05, 0.1) is 0 Å². The second-order valence-corrected chi connectivity index (χ2v) is 5.15. The molecule has 0 aromatic carbocycles. The van der Waals surface area contributed by atoms with E-state index < -0.39 is 0 Å². The van der Waals surface area contributed by atoms with Gasteiger partial charge in [-0.05, 0) is 31.6 Å². The van der Waals surface area contributed by atoms with E-state index in [1.54, 1.807) is 6.92 Å². The maximum absolute atomic E-state index is 12.0. The van der Waals surface area contributed by atoms with Crippen LogP contribution < -0.4 is 5.32 Å². The molecule has 1 atom stereocenters. The van der Waals surface area contributed by atoms with Gasteiger partial charge in [-0.3, -0.25) is 9.59 Å². The summed E-state index contributed by atoms with van der Waals surface area (Å²) in [5.41, 5.74) is 0.364. The predicted octanol–water partition coefficient (Wildman–Crippen LogP) is 0.914. The van der Waals surface area contributed by atoms with Gasteiger partial charge in [-0.2, -0.15) is 0 Å². The zero-order valence-electron chi connectivity index (χ0n) is 10.1. The SMILES string of the molecule is CCC1(CN2CCC(=O)NC(C)C2=O)CC1. The lowest BCUT2D eigenvalue weighted by Crippen LogP contribution is -2.44. The van der Waals surface area contributed by atoms with E-state index in [2.05, 4.69) is 12.2 Å². The number of nitrogens with one attached hydrogen (secondary N) is 1. The molecule has 1 aliphatic carbocycles. The molecule has 90 valence electrons. The number of hydrogen-bond acceptors (Lipinski definition) is 2. The van der Waals surface area contributed by atoms with Crippen molar-refractivity contribution in [3.63, 3.8) is 0 Å². The zero-order chi connectivity index (χ0) is 11.8. The molecule has 2 aliphatic rings. The topological polar surface area (TPSA) is 49.4 Å². The van der Waals surface area contributed by atoms with Crippen LogP contribution in [-0.4, -0.2) is 35.8 Å². The van der Waals surface area contributed by atoms with Crippen LogP contribution in [0.25, 0.3) is 0 Å². The number of hydrogen-bond donors (Lipinski definition) is 1. The van der Waals surface area contributed by atoms with E-state index >= 15 is 0 Å². The summed E-state index contributed by atoms with van der Waals surface area (Å²) in [7, 11) is 0. The van der Waals surface area contributed by atoms with Crippen molar-refractivity contribution in [2.24, 2.45) is 5.41 Å². The van der Waals surface area contributed by atoms with E-state index in [4.69, 9.17) is 0 Å². The predicted molar refractivity (Wildman–Crippen MR) is 60.8 cm³/mol. The van der Waals surface area contributed by atoms with Gasteiger partial charge in [0.15, 0.2) is 0 Å². The van der Waals surface area contributed by atoms with E-state index in [1.807, 2.05) is 4.90 Å². The summed E-state index contributed by atoms with van der Waals surface area (Å²) >= 11 is 0. The second-order valence-electron chi connectivity index (χ2n) is 5.15. The van der Waals surface area contributed by atoms with Crippen molar-refractivity contribution in [1.29, 1.82) is 0 Å². The molecule has 4 nitrogen and oxygen atoms in total. The first kappa shape index (κ1) is 11.4. The Morgan fingerprint density at radius 1 is 1.44 bits per heavy atom. The Morgan fingerprint density at radius 3 is 2.69 bits per heavy atom. The van der Waals surface area contributed by atoms with Gasteiger partial charge in [0.25, 0.3) is 0 Å². The summed E-state index contributed by atoms with van der Waals surface area (Å²) in [6.07, 6.45) is 4.02. The minimum atomic E-state index is -0.359. The van der Waals surface area contributed by atoms with Crippen LogP contribution in [0.4, 0.5) is 0 Å². The van der Waals surface area contributed by atoms with Crippen molar-refractivity contribution in [2.75, 3.05) is 13.1 Å². The molecule has 2 rings (SSSR count). The fraction of sp³-hybridized carbons (Fsp3) is 0.833. The maximum Gasteiger partial charge on any atom is 0.244 e. The summed E-state index contributed by atoms with van der Waals surface area (Å²) in [6, 6.07) is -0.359. The Labute approximate surface area is 96.4 Å². The van der Waals surface area contributed by atoms with Gasteiger partial charge >= 0.3 is 0 Å². The largest absolute Gasteiger partial charge is 0.345 e. The molecule has 1 saturated carbocycles. The molecule has 0 radical (unpaired) electrons. The third-order valence-corrected chi connectivity index (χ3v) is 3.90. The Kier molecular flexibility index (Phi) is 2.91. The minimum absolute atomic E-state index is 0.00954. The highest BCUT2D eigenvalue weighted by molar-refractivity contribution is 5.89. The van der Waals surface area contributed by atoms with Crippen LogP contribution in [0.2, 0.25) is 0 Å². The first-order valence-electron chi connectivity index (χ1n) is 6.14. The molecule has 1 unspecified atom stereocenters. The number of carbonyl (C=O) groups excluding carboxylic acids is 2. The van der Waals surface area contributed by atoms with Gasteiger partial charge in [0.1, 0.15) is 6.04 Å². The number of amides is 2. The van der Waals surface area contributed by atoms with Crippen molar-refractivity contribution < 1.29 is 9.59 Å². The van der Waals surface area contributed by atoms with Crippen LogP contribution in [0.1, 0.15) is 39.5 Å². The molecule has 2 amide bonds. The summed E-state index contributed by atoms with van der Waals surface area (Å²) in [5, 5.41) is 2.72. The third kappa shape index (κ3) is 2.20. The maximum atomic E-state index is 12.0. The minimum Gasteiger partial charge on any atom is -0.345 e. The molecule has 16 heavy (non-hydrogen) atoms. The van der Waals surface area contributed by atoms with Gasteiger partial charge in [-0.15, -0.1) is 0 Å². The van der Waals surface area contributed by atoms with Crippen LogP contribution in [0.3, 0.4) is 0 Å². The van der Waals surface area contributed by atoms with Gasteiger partial charge in [-0.25, -0.2) is 0 Å². The lowest BCUT2D eigenvalue weighted by Gasteiger charge is -2.26. The van der Waals surface area contributed by atoms with E-state index in [1.165, 1.54) is 12.8 Å². The second kappa shape index (κ2) is 4.07. The Bertz CT molecular complexity index is 310. The summed E-state index contributed by atoms with van der Waals surface area (Å²) < 4.78 is 0. The summed E-state index contributed by atoms with van der Waals surface area (Å²) in [5.74, 6) is 0.0651. The smallest absolute Gasteiger partial charge is 0.244 e. The Morgan fingerprint density at radius 2 is 2.12 bits per heavy atom. The van der Waals surface area contributed by atoms with Crippen LogP contribution in [0.15, 0.2) is 0 Å². The van der Waals surface area contributed by atoms with Gasteiger partial charge < -0.3 is 10.2 Å². The zero-order valence-corrected chi connectivity index (χ0v) is 10.1. The van der Waals surface area contributed by atoms with Crippen molar-refractivity contribution in [1.82, 2.24) is 10.2 Å². The van der Waals surface area contributed by atoms with E-state index in [9.17, 15) is 9.59 Å². The normalized spacial score (nSPS) is 28.6. The van der Waals surface area contributed by atoms with Crippen molar-refractivity contribution in [3.05, 3.63) is 0 Å². The van der Waals surface area contributed by atoms with E-state index in [0.717, 1.165) is 13.0 Å². The highest BCUT2D eigenvalue weighted by atomic mass is 16.2. The molecule has 4 heteroatoms. The highest BCUT2D eigenvalue weighted by Gasteiger charge is 2.43. The monoisotopic (exact) mass is 224 g/mol. The van der Waals surface area contributed by atoms with Crippen LogP contribution in [0.5, 0.6) is 0 Å². The lowest BCUT2D eigenvalue weighted by molar-refractivity contribution is -0.133. The highest BCUT2D eigenvalue weighted by Crippen LogP contribution is 2.49. The molecule has 0 spiro atoms. The summed E-state index contributed by atoms with van der Waals surface area (Å²) in [6.45, 7) is 5.37. The molecule has 1 heterocycles. The van der Waals surface area contributed by atoms with Gasteiger partial charge in [-0.1, -0.05) is 6.92 Å². The van der Waals surface area contributed by atoms with Crippen molar-refractivity contribution in [3.8, 4) is 0 Å². The standard InChI is InChI=1S/C12H20N2O2/c1-3-12(5-6-12)8-14-7-4-10(15)13-9(2)11(14)16/h9H,3-8H2,1-2H3,(H,13,15). The van der Waals surface area contributed by atoms with Crippen LogP contribution in [-0.2, 0) is 9.59 Å². The Hall–Kier alpha value is -1.06. The molecule has 1 N–H and O–H groups in total. The first-order chi connectivity index (χ1) is 7.56. The van der Waals surface area contributed by atoms with Gasteiger partial charge in [0.2, 0.25) is 11.8 Å². The first-order valence-corrected chi connectivity index (χ1v) is 6.14. The van der Waals surface area contributed by atoms with E-state index in [-0.39, 0.29) is 17.9 Å². The number of nitrogens with zero attached hydrogens (tertiary/aromatic N) is 1.